The summed E-state index contributed by atoms with van der Waals surface area (Å²) in [4.78, 5) is 25.8. The molecule has 2 aromatic carbocycles. The largest absolute Gasteiger partial charge is 0.484 e. The zero-order valence-electron chi connectivity index (χ0n) is 17.0. The van der Waals surface area contributed by atoms with Gasteiger partial charge in [0.1, 0.15) is 5.75 Å². The molecule has 0 unspecified atom stereocenters. The maximum Gasteiger partial charge on any atom is 0.260 e. The Morgan fingerprint density at radius 2 is 1.90 bits per heavy atom. The Hall–Kier alpha value is -2.36. The third-order valence-electron chi connectivity index (χ3n) is 4.46. The summed E-state index contributed by atoms with van der Waals surface area (Å²) in [5, 5.41) is 3.99. The third-order valence-corrected chi connectivity index (χ3v) is 6.21. The average Bonchev–Trinajstić information content (AvgIpc) is 2.80. The number of carbonyl (C=O) groups excluding carboxylic acids is 2. The standard InChI is InChI=1S/C22H24BrN3O4S/c23-20-4-2-1-3-18(20)15-31-16-21(27)25-24-13-17-5-7-19(8-6-17)30-14-22(28)26-9-11-29-12-10-26/h1-8,13H,9-12,14-16H2,(H,25,27)/b24-13-. The smallest absolute Gasteiger partial charge is 0.260 e. The van der Waals surface area contributed by atoms with E-state index in [0.717, 1.165) is 21.4 Å². The Kier molecular flexibility index (Phi) is 9.39. The molecule has 164 valence electrons. The first-order chi connectivity index (χ1) is 15.1. The lowest BCUT2D eigenvalue weighted by molar-refractivity contribution is -0.137. The van der Waals surface area contributed by atoms with E-state index in [1.54, 1.807) is 23.2 Å². The quantitative estimate of drug-likeness (QED) is 0.418. The van der Waals surface area contributed by atoms with Crippen LogP contribution in [0.1, 0.15) is 11.1 Å². The van der Waals surface area contributed by atoms with Crippen LogP contribution in [0.4, 0.5) is 0 Å². The van der Waals surface area contributed by atoms with Gasteiger partial charge < -0.3 is 14.4 Å². The van der Waals surface area contributed by atoms with Crippen molar-refractivity contribution in [3.05, 3.63) is 64.1 Å². The van der Waals surface area contributed by atoms with Gasteiger partial charge in [0.15, 0.2) is 6.61 Å². The van der Waals surface area contributed by atoms with Gasteiger partial charge in [0.2, 0.25) is 5.91 Å². The molecule has 1 fully saturated rings. The number of morpholine rings is 1. The fourth-order valence-corrected chi connectivity index (χ4v) is 4.21. The first kappa shape index (κ1) is 23.3. The molecular weight excluding hydrogens is 482 g/mol. The Morgan fingerprint density at radius 3 is 2.65 bits per heavy atom. The highest BCUT2D eigenvalue weighted by atomic mass is 79.9. The number of hydrogen-bond donors (Lipinski definition) is 1. The van der Waals surface area contributed by atoms with E-state index in [9.17, 15) is 9.59 Å². The molecule has 0 radical (unpaired) electrons. The molecule has 1 heterocycles. The van der Waals surface area contributed by atoms with Crippen LogP contribution in [0, 0.1) is 0 Å². The number of rotatable bonds is 9. The zero-order chi connectivity index (χ0) is 21.9. The van der Waals surface area contributed by atoms with Crippen LogP contribution < -0.4 is 10.2 Å². The molecule has 0 spiro atoms. The van der Waals surface area contributed by atoms with Crippen molar-refractivity contribution >= 4 is 45.7 Å². The second kappa shape index (κ2) is 12.5. The second-order valence-corrected chi connectivity index (χ2v) is 8.57. The molecular formula is C22H24BrN3O4S. The second-order valence-electron chi connectivity index (χ2n) is 6.73. The van der Waals surface area contributed by atoms with Gasteiger partial charge in [0, 0.05) is 23.3 Å². The summed E-state index contributed by atoms with van der Waals surface area (Å²) in [6.45, 7) is 2.34. The fourth-order valence-electron chi connectivity index (χ4n) is 2.78. The maximum atomic E-state index is 12.1. The van der Waals surface area contributed by atoms with Crippen LogP contribution in [-0.4, -0.2) is 61.6 Å². The number of hydrogen-bond acceptors (Lipinski definition) is 6. The molecule has 1 saturated heterocycles. The molecule has 2 aromatic rings. The number of thioether (sulfide) groups is 1. The van der Waals surface area contributed by atoms with Crippen LogP contribution in [0.5, 0.6) is 5.75 Å². The molecule has 0 bridgehead atoms. The van der Waals surface area contributed by atoms with Gasteiger partial charge in [-0.25, -0.2) is 5.43 Å². The summed E-state index contributed by atoms with van der Waals surface area (Å²) < 4.78 is 11.8. The fraction of sp³-hybridized carbons (Fsp3) is 0.318. The van der Waals surface area contributed by atoms with Gasteiger partial charge in [-0.3, -0.25) is 9.59 Å². The summed E-state index contributed by atoms with van der Waals surface area (Å²) in [5.74, 6) is 1.46. The van der Waals surface area contributed by atoms with Crippen molar-refractivity contribution in [2.45, 2.75) is 5.75 Å². The highest BCUT2D eigenvalue weighted by molar-refractivity contribution is 9.10. The van der Waals surface area contributed by atoms with E-state index in [1.807, 2.05) is 36.4 Å². The van der Waals surface area contributed by atoms with E-state index >= 15 is 0 Å². The lowest BCUT2D eigenvalue weighted by Crippen LogP contribution is -2.42. The first-order valence-corrected chi connectivity index (χ1v) is 11.8. The van der Waals surface area contributed by atoms with Gasteiger partial charge >= 0.3 is 0 Å². The molecule has 0 aromatic heterocycles. The molecule has 1 aliphatic heterocycles. The van der Waals surface area contributed by atoms with Gasteiger partial charge in [-0.1, -0.05) is 34.1 Å². The number of amides is 2. The van der Waals surface area contributed by atoms with Crippen molar-refractivity contribution in [2.75, 3.05) is 38.7 Å². The molecule has 9 heteroatoms. The number of nitrogens with one attached hydrogen (secondary N) is 1. The summed E-state index contributed by atoms with van der Waals surface area (Å²) in [7, 11) is 0. The van der Waals surface area contributed by atoms with Crippen molar-refractivity contribution in [3.63, 3.8) is 0 Å². The van der Waals surface area contributed by atoms with E-state index in [2.05, 4.69) is 26.5 Å². The number of ether oxygens (including phenoxy) is 2. The van der Waals surface area contributed by atoms with Crippen molar-refractivity contribution in [1.82, 2.24) is 10.3 Å². The number of hydrazone groups is 1. The summed E-state index contributed by atoms with van der Waals surface area (Å²) in [6.07, 6.45) is 1.57. The van der Waals surface area contributed by atoms with Gasteiger partial charge in [-0.05, 0) is 41.5 Å². The van der Waals surface area contributed by atoms with Gasteiger partial charge in [-0.2, -0.15) is 5.10 Å². The maximum absolute atomic E-state index is 12.1. The van der Waals surface area contributed by atoms with Crippen LogP contribution in [-0.2, 0) is 20.1 Å². The normalized spacial score (nSPS) is 13.9. The van der Waals surface area contributed by atoms with E-state index in [0.29, 0.717) is 37.8 Å². The third kappa shape index (κ3) is 8.01. The van der Waals surface area contributed by atoms with Gasteiger partial charge in [0.25, 0.3) is 5.91 Å². The minimum Gasteiger partial charge on any atom is -0.484 e. The Balaban J connectivity index is 1.35. The minimum atomic E-state index is -0.158. The molecule has 0 saturated carbocycles. The van der Waals surface area contributed by atoms with E-state index < -0.39 is 0 Å². The van der Waals surface area contributed by atoms with Crippen molar-refractivity contribution in [1.29, 1.82) is 0 Å². The molecule has 1 aliphatic rings. The Morgan fingerprint density at radius 1 is 1.16 bits per heavy atom. The number of halogens is 1. The highest BCUT2D eigenvalue weighted by Gasteiger charge is 2.17. The van der Waals surface area contributed by atoms with Crippen LogP contribution in [0.2, 0.25) is 0 Å². The molecule has 2 amide bonds. The summed E-state index contributed by atoms with van der Waals surface area (Å²) in [6, 6.07) is 15.1. The van der Waals surface area contributed by atoms with Crippen molar-refractivity contribution < 1.29 is 19.1 Å². The first-order valence-electron chi connectivity index (χ1n) is 9.83. The predicted octanol–water partition coefficient (Wildman–Crippen LogP) is 3.07. The molecule has 0 aliphatic carbocycles. The van der Waals surface area contributed by atoms with Crippen LogP contribution >= 0.6 is 27.7 Å². The summed E-state index contributed by atoms with van der Waals surface area (Å²) >= 11 is 5.03. The highest BCUT2D eigenvalue weighted by Crippen LogP contribution is 2.21. The molecule has 7 nitrogen and oxygen atoms in total. The lowest BCUT2D eigenvalue weighted by atomic mass is 10.2. The molecule has 1 N–H and O–H groups in total. The van der Waals surface area contributed by atoms with Crippen LogP contribution in [0.25, 0.3) is 0 Å². The Bertz CT molecular complexity index is 902. The van der Waals surface area contributed by atoms with E-state index in [4.69, 9.17) is 9.47 Å². The SMILES string of the molecule is O=C(CSCc1ccccc1Br)N/N=C\c1ccc(OCC(=O)N2CCOCC2)cc1. The molecule has 0 atom stereocenters. The van der Waals surface area contributed by atoms with E-state index in [-0.39, 0.29) is 18.4 Å². The van der Waals surface area contributed by atoms with E-state index in [1.165, 1.54) is 11.8 Å². The monoisotopic (exact) mass is 505 g/mol. The predicted molar refractivity (Wildman–Crippen MR) is 125 cm³/mol. The van der Waals surface area contributed by atoms with Crippen molar-refractivity contribution in [3.8, 4) is 5.75 Å². The molecule has 3 rings (SSSR count). The molecule has 31 heavy (non-hydrogen) atoms. The zero-order valence-corrected chi connectivity index (χ0v) is 19.4. The topological polar surface area (TPSA) is 80.2 Å². The number of benzene rings is 2. The van der Waals surface area contributed by atoms with Crippen LogP contribution in [0.3, 0.4) is 0 Å². The number of nitrogens with zero attached hydrogens (tertiary/aromatic N) is 2. The summed E-state index contributed by atoms with van der Waals surface area (Å²) in [5.41, 5.74) is 4.49. The van der Waals surface area contributed by atoms with Gasteiger partial charge in [-0.15, -0.1) is 11.8 Å². The van der Waals surface area contributed by atoms with Crippen molar-refractivity contribution in [2.24, 2.45) is 5.10 Å². The lowest BCUT2D eigenvalue weighted by Gasteiger charge is -2.26. The minimum absolute atomic E-state index is 0.000707. The Labute approximate surface area is 194 Å². The van der Waals surface area contributed by atoms with Crippen LogP contribution in [0.15, 0.2) is 58.1 Å². The average molecular weight is 506 g/mol. The number of carbonyl (C=O) groups is 2. The van der Waals surface area contributed by atoms with Gasteiger partial charge in [0.05, 0.1) is 25.2 Å².